The fraction of sp³-hybridized carbons (Fsp3) is 0.0370. The van der Waals surface area contributed by atoms with E-state index in [9.17, 15) is 0 Å². The first-order valence-electron chi connectivity index (χ1n) is 20.1. The van der Waals surface area contributed by atoms with Crippen LogP contribution in [0.2, 0.25) is 0 Å². The van der Waals surface area contributed by atoms with Gasteiger partial charge in [-0.25, -0.2) is 9.97 Å². The van der Waals surface area contributed by atoms with Gasteiger partial charge < -0.3 is 0 Å². The highest BCUT2D eigenvalue weighted by molar-refractivity contribution is 7.27. The minimum absolute atomic E-state index is 0.212. The Morgan fingerprint density at radius 3 is 1.88 bits per heavy atom. The molecule has 0 bridgehead atoms. The zero-order chi connectivity index (χ0) is 38.6. The van der Waals surface area contributed by atoms with Gasteiger partial charge in [-0.1, -0.05) is 140 Å². The monoisotopic (exact) mass is 804 g/mol. The Morgan fingerprint density at radius 1 is 0.424 bits per heavy atom. The summed E-state index contributed by atoms with van der Waals surface area (Å²) in [5.41, 5.74) is 12.0. The molecule has 8 aromatic carbocycles. The van der Waals surface area contributed by atoms with Gasteiger partial charge in [-0.15, -0.1) is 34.0 Å². The maximum atomic E-state index is 5.48. The van der Waals surface area contributed by atoms with Crippen molar-refractivity contribution in [1.82, 2.24) is 9.97 Å². The Balaban J connectivity index is 1.000. The van der Waals surface area contributed by atoms with E-state index in [0.29, 0.717) is 0 Å². The van der Waals surface area contributed by atoms with Crippen LogP contribution in [0.15, 0.2) is 176 Å². The van der Waals surface area contributed by atoms with Gasteiger partial charge >= 0.3 is 0 Å². The lowest BCUT2D eigenvalue weighted by Gasteiger charge is -2.29. The third-order valence-corrected chi connectivity index (χ3v) is 15.9. The molecule has 1 aliphatic rings. The number of rotatable bonds is 4. The first kappa shape index (κ1) is 33.5. The van der Waals surface area contributed by atoms with Crippen molar-refractivity contribution in [1.29, 1.82) is 0 Å². The summed E-state index contributed by atoms with van der Waals surface area (Å²) in [7, 11) is 0. The molecule has 2 nitrogen and oxygen atoms in total. The van der Waals surface area contributed by atoms with Gasteiger partial charge in [0.15, 0.2) is 5.82 Å². The second-order valence-corrected chi connectivity index (χ2v) is 18.8. The zero-order valence-electron chi connectivity index (χ0n) is 31.6. The van der Waals surface area contributed by atoms with Crippen LogP contribution in [0.4, 0.5) is 0 Å². The summed E-state index contributed by atoms with van der Waals surface area (Å²) in [4.78, 5) is 10.9. The van der Waals surface area contributed by atoms with E-state index in [1.54, 1.807) is 0 Å². The Bertz CT molecular complexity index is 3680. The zero-order valence-corrected chi connectivity index (χ0v) is 34.1. The van der Waals surface area contributed by atoms with Crippen molar-refractivity contribution < 1.29 is 0 Å². The molecular formula is C54H32N2S3. The molecule has 0 amide bonds. The van der Waals surface area contributed by atoms with Gasteiger partial charge in [0.2, 0.25) is 0 Å². The summed E-state index contributed by atoms with van der Waals surface area (Å²) in [6.45, 7) is 0. The molecule has 1 unspecified atom stereocenters. The van der Waals surface area contributed by atoms with Crippen LogP contribution in [0.1, 0.15) is 22.6 Å². The van der Waals surface area contributed by atoms with Gasteiger partial charge in [0.25, 0.3) is 0 Å². The second kappa shape index (κ2) is 13.0. The molecule has 1 atom stereocenters. The number of nitrogens with zero attached hydrogens (tertiary/aromatic N) is 2. The van der Waals surface area contributed by atoms with Crippen molar-refractivity contribution in [2.24, 2.45) is 0 Å². The molecule has 59 heavy (non-hydrogen) atoms. The van der Waals surface area contributed by atoms with Gasteiger partial charge in [-0.05, 0) is 65.1 Å². The van der Waals surface area contributed by atoms with E-state index in [0.717, 1.165) is 40.3 Å². The predicted molar refractivity (Wildman–Crippen MR) is 254 cm³/mol. The van der Waals surface area contributed by atoms with Gasteiger partial charge in [0.1, 0.15) is 0 Å². The van der Waals surface area contributed by atoms with E-state index >= 15 is 0 Å². The van der Waals surface area contributed by atoms with Crippen molar-refractivity contribution in [2.75, 3.05) is 0 Å². The Morgan fingerprint density at radius 2 is 1.03 bits per heavy atom. The van der Waals surface area contributed by atoms with Crippen molar-refractivity contribution in [2.45, 2.75) is 12.3 Å². The van der Waals surface area contributed by atoms with E-state index in [-0.39, 0.29) is 5.92 Å². The number of benzene rings is 8. The molecule has 12 aromatic rings. The van der Waals surface area contributed by atoms with E-state index in [1.165, 1.54) is 88.3 Å². The molecule has 0 radical (unpaired) electrons. The van der Waals surface area contributed by atoms with Gasteiger partial charge in [0, 0.05) is 88.7 Å². The van der Waals surface area contributed by atoms with Crippen LogP contribution in [0.5, 0.6) is 0 Å². The first-order valence-corrected chi connectivity index (χ1v) is 22.5. The van der Waals surface area contributed by atoms with Crippen LogP contribution in [-0.4, -0.2) is 9.97 Å². The van der Waals surface area contributed by atoms with Crippen LogP contribution in [0, 0.1) is 0 Å². The van der Waals surface area contributed by atoms with Gasteiger partial charge in [-0.3, -0.25) is 0 Å². The third kappa shape index (κ3) is 5.15. The maximum Gasteiger partial charge on any atom is 0.161 e. The van der Waals surface area contributed by atoms with E-state index in [1.807, 2.05) is 34.0 Å². The molecule has 0 spiro atoms. The summed E-state index contributed by atoms with van der Waals surface area (Å²) in [5, 5.41) is 7.72. The van der Waals surface area contributed by atoms with Crippen molar-refractivity contribution >= 4 is 94.5 Å². The smallest absolute Gasteiger partial charge is 0.161 e. The molecule has 276 valence electrons. The SMILES string of the molecule is c1cc(-c2cc(-c3cccc4c3sc3ccccc34)nc(-c3cccc4sc5ccccc5c34)n2)cc(C2Cc3ccc4c(sc5ccccc54)c3-c3ccccc32)c1. The Labute approximate surface area is 352 Å². The summed E-state index contributed by atoms with van der Waals surface area (Å²) in [6.07, 6.45) is 0.946. The van der Waals surface area contributed by atoms with Gasteiger partial charge in [0.05, 0.1) is 11.4 Å². The molecule has 4 aromatic heterocycles. The minimum Gasteiger partial charge on any atom is -0.228 e. The lowest BCUT2D eigenvalue weighted by Crippen LogP contribution is -2.13. The molecule has 0 N–H and O–H groups in total. The normalized spacial score (nSPS) is 13.9. The highest BCUT2D eigenvalue weighted by atomic mass is 32.1. The molecular weight excluding hydrogens is 773 g/mol. The predicted octanol–water partition coefficient (Wildman–Crippen LogP) is 15.9. The lowest BCUT2D eigenvalue weighted by molar-refractivity contribution is 0.796. The highest BCUT2D eigenvalue weighted by Crippen LogP contribution is 2.50. The van der Waals surface area contributed by atoms with Gasteiger partial charge in [-0.2, -0.15) is 0 Å². The fourth-order valence-corrected chi connectivity index (χ4v) is 13.3. The second-order valence-electron chi connectivity index (χ2n) is 15.6. The largest absolute Gasteiger partial charge is 0.228 e. The summed E-state index contributed by atoms with van der Waals surface area (Å²) >= 11 is 5.60. The lowest BCUT2D eigenvalue weighted by atomic mass is 9.75. The first-order chi connectivity index (χ1) is 29.2. The average molecular weight is 805 g/mol. The van der Waals surface area contributed by atoms with E-state index in [4.69, 9.17) is 9.97 Å². The summed E-state index contributed by atoms with van der Waals surface area (Å²) < 4.78 is 7.80. The molecule has 4 heterocycles. The van der Waals surface area contributed by atoms with Crippen molar-refractivity contribution in [3.63, 3.8) is 0 Å². The summed E-state index contributed by atoms with van der Waals surface area (Å²) in [6, 6.07) is 64.7. The van der Waals surface area contributed by atoms with Crippen LogP contribution in [0.25, 0.3) is 106 Å². The van der Waals surface area contributed by atoms with E-state index < -0.39 is 0 Å². The highest BCUT2D eigenvalue weighted by Gasteiger charge is 2.29. The summed E-state index contributed by atoms with van der Waals surface area (Å²) in [5.74, 6) is 0.962. The number of thiophene rings is 3. The Kier molecular flexibility index (Phi) is 7.38. The molecule has 0 saturated heterocycles. The van der Waals surface area contributed by atoms with Crippen LogP contribution in [-0.2, 0) is 6.42 Å². The van der Waals surface area contributed by atoms with Crippen LogP contribution >= 0.6 is 34.0 Å². The Hall–Kier alpha value is -6.50. The van der Waals surface area contributed by atoms with Crippen LogP contribution in [0.3, 0.4) is 0 Å². The fourth-order valence-electron chi connectivity index (χ4n) is 9.63. The molecule has 0 saturated carbocycles. The topological polar surface area (TPSA) is 25.8 Å². The number of fused-ring (bicyclic) bond motifs is 13. The number of hydrogen-bond acceptors (Lipinski definition) is 5. The molecule has 0 fully saturated rings. The molecule has 1 aliphatic carbocycles. The van der Waals surface area contributed by atoms with Crippen LogP contribution < -0.4 is 0 Å². The van der Waals surface area contributed by atoms with Crippen molar-refractivity contribution in [3.8, 4) is 45.0 Å². The molecule has 0 aliphatic heterocycles. The van der Waals surface area contributed by atoms with Crippen molar-refractivity contribution in [3.05, 3.63) is 193 Å². The quantitative estimate of drug-likeness (QED) is 0.177. The molecule has 5 heteroatoms. The average Bonchev–Trinajstić information content (AvgIpc) is 4.00. The number of aromatic nitrogens is 2. The minimum atomic E-state index is 0.212. The standard InChI is InChI=1S/C54H32N2S3/c1-2-17-37-34(14-1)43(29-33-26-27-39-36-16-4-7-23-47(36)59-53(39)50(33)37)31-12-9-13-32(28-31)44-30-45(40-20-10-19-38-35-15-3-6-22-46(35)58-52(38)40)56-54(55-44)42-21-11-25-49-51(42)41-18-5-8-24-48(41)57-49/h1-28,30,43H,29H2. The molecule has 13 rings (SSSR count). The maximum absolute atomic E-state index is 5.48. The number of hydrogen-bond donors (Lipinski definition) is 0. The van der Waals surface area contributed by atoms with E-state index in [2.05, 4.69) is 176 Å². The third-order valence-electron chi connectivity index (χ3n) is 12.3.